The molecule has 1 aromatic heterocycles. The van der Waals surface area contributed by atoms with Gasteiger partial charge in [-0.15, -0.1) is 0 Å². The summed E-state index contributed by atoms with van der Waals surface area (Å²) in [4.78, 5) is 8.16. The van der Waals surface area contributed by atoms with Gasteiger partial charge in [0, 0.05) is 16.2 Å². The minimum absolute atomic E-state index is 0.215. The largest absolute Gasteiger partial charge is 0.357 e. The SMILES string of the molecule is Cc1ccc(Nc2cc(NCC#N)ncn2)cc1Br. The van der Waals surface area contributed by atoms with E-state index in [1.807, 2.05) is 31.2 Å². The van der Waals surface area contributed by atoms with E-state index in [-0.39, 0.29) is 6.54 Å². The summed E-state index contributed by atoms with van der Waals surface area (Å²) in [5.41, 5.74) is 2.10. The Morgan fingerprint density at radius 1 is 1.26 bits per heavy atom. The molecule has 2 N–H and O–H groups in total. The topological polar surface area (TPSA) is 73.6 Å². The molecular weight excluding hydrogens is 306 g/mol. The van der Waals surface area contributed by atoms with Crippen molar-refractivity contribution in [3.05, 3.63) is 40.6 Å². The Morgan fingerprint density at radius 3 is 2.79 bits per heavy atom. The van der Waals surface area contributed by atoms with E-state index in [1.165, 1.54) is 11.9 Å². The highest BCUT2D eigenvalue weighted by Gasteiger charge is 2.01. The van der Waals surface area contributed by atoms with Crippen LogP contribution >= 0.6 is 15.9 Å². The fourth-order valence-corrected chi connectivity index (χ4v) is 1.85. The number of nitriles is 1. The molecule has 0 unspecified atom stereocenters. The Labute approximate surface area is 119 Å². The first-order valence-electron chi connectivity index (χ1n) is 5.65. The lowest BCUT2D eigenvalue weighted by Gasteiger charge is -2.08. The van der Waals surface area contributed by atoms with Gasteiger partial charge in [0.25, 0.3) is 0 Å². The average Bonchev–Trinajstić information content (AvgIpc) is 2.41. The molecule has 0 aliphatic rings. The maximum atomic E-state index is 8.51. The third-order valence-electron chi connectivity index (χ3n) is 2.46. The molecule has 1 aromatic carbocycles. The van der Waals surface area contributed by atoms with Crippen LogP contribution in [0.4, 0.5) is 17.3 Å². The molecule has 0 aliphatic carbocycles. The van der Waals surface area contributed by atoms with E-state index < -0.39 is 0 Å². The van der Waals surface area contributed by atoms with Crippen molar-refractivity contribution < 1.29 is 0 Å². The van der Waals surface area contributed by atoms with Gasteiger partial charge in [-0.25, -0.2) is 9.97 Å². The van der Waals surface area contributed by atoms with Crippen LogP contribution in [0.2, 0.25) is 0 Å². The zero-order valence-electron chi connectivity index (χ0n) is 10.3. The molecule has 5 nitrogen and oxygen atoms in total. The summed E-state index contributed by atoms with van der Waals surface area (Å²) in [6, 6.07) is 9.73. The molecule has 0 atom stereocenters. The highest BCUT2D eigenvalue weighted by molar-refractivity contribution is 9.10. The van der Waals surface area contributed by atoms with Gasteiger partial charge in [-0.2, -0.15) is 5.26 Å². The van der Waals surface area contributed by atoms with Gasteiger partial charge in [0.2, 0.25) is 0 Å². The Morgan fingerprint density at radius 2 is 2.05 bits per heavy atom. The highest BCUT2D eigenvalue weighted by atomic mass is 79.9. The van der Waals surface area contributed by atoms with Crippen molar-refractivity contribution >= 4 is 33.3 Å². The number of anilines is 3. The Balaban J connectivity index is 2.14. The molecule has 0 radical (unpaired) electrons. The minimum atomic E-state index is 0.215. The molecule has 0 aliphatic heterocycles. The van der Waals surface area contributed by atoms with Crippen LogP contribution in [-0.4, -0.2) is 16.5 Å². The van der Waals surface area contributed by atoms with Gasteiger partial charge in [-0.3, -0.25) is 0 Å². The normalized spacial score (nSPS) is 9.74. The Bertz CT molecular complexity index is 621. The van der Waals surface area contributed by atoms with Crippen LogP contribution in [0.5, 0.6) is 0 Å². The third-order valence-corrected chi connectivity index (χ3v) is 3.31. The molecule has 0 saturated carbocycles. The number of rotatable bonds is 4. The van der Waals surface area contributed by atoms with Gasteiger partial charge < -0.3 is 10.6 Å². The number of halogens is 1. The molecule has 6 heteroatoms. The van der Waals surface area contributed by atoms with Crippen molar-refractivity contribution in [3.63, 3.8) is 0 Å². The summed E-state index contributed by atoms with van der Waals surface area (Å²) in [6.45, 7) is 2.25. The number of hydrogen-bond acceptors (Lipinski definition) is 5. The number of hydrogen-bond donors (Lipinski definition) is 2. The summed E-state index contributed by atoms with van der Waals surface area (Å²) < 4.78 is 1.04. The molecule has 0 saturated heterocycles. The highest BCUT2D eigenvalue weighted by Crippen LogP contribution is 2.23. The number of benzene rings is 1. The summed E-state index contributed by atoms with van der Waals surface area (Å²) >= 11 is 3.49. The number of aromatic nitrogens is 2. The quantitative estimate of drug-likeness (QED) is 0.847. The molecule has 1 heterocycles. The van der Waals surface area contributed by atoms with E-state index in [0.29, 0.717) is 11.6 Å². The summed E-state index contributed by atoms with van der Waals surface area (Å²) in [5, 5.41) is 14.6. The van der Waals surface area contributed by atoms with E-state index in [4.69, 9.17) is 5.26 Å². The van der Waals surface area contributed by atoms with Crippen LogP contribution in [0.25, 0.3) is 0 Å². The van der Waals surface area contributed by atoms with E-state index in [9.17, 15) is 0 Å². The monoisotopic (exact) mass is 317 g/mol. The van der Waals surface area contributed by atoms with Crippen LogP contribution < -0.4 is 10.6 Å². The fourth-order valence-electron chi connectivity index (χ4n) is 1.47. The molecule has 19 heavy (non-hydrogen) atoms. The maximum absolute atomic E-state index is 8.51. The number of aryl methyl sites for hydroxylation is 1. The van der Waals surface area contributed by atoms with Gasteiger partial charge >= 0.3 is 0 Å². The van der Waals surface area contributed by atoms with Crippen LogP contribution in [0.15, 0.2) is 35.1 Å². The van der Waals surface area contributed by atoms with E-state index >= 15 is 0 Å². The molecule has 0 bridgehead atoms. The van der Waals surface area contributed by atoms with Crippen molar-refractivity contribution in [1.82, 2.24) is 9.97 Å². The number of nitrogens with one attached hydrogen (secondary N) is 2. The van der Waals surface area contributed by atoms with Gasteiger partial charge in [-0.1, -0.05) is 22.0 Å². The minimum Gasteiger partial charge on any atom is -0.357 e. The van der Waals surface area contributed by atoms with Crippen LogP contribution in [0.3, 0.4) is 0 Å². The first kappa shape index (κ1) is 13.3. The van der Waals surface area contributed by atoms with Crippen molar-refractivity contribution in [2.45, 2.75) is 6.92 Å². The Hall–Kier alpha value is -2.13. The lowest BCUT2D eigenvalue weighted by molar-refractivity contribution is 1.14. The molecule has 0 fully saturated rings. The predicted octanol–water partition coefficient (Wildman–Crippen LogP) is 3.23. The molecule has 2 rings (SSSR count). The molecule has 0 amide bonds. The summed E-state index contributed by atoms with van der Waals surface area (Å²) in [6.07, 6.45) is 1.45. The van der Waals surface area contributed by atoms with Crippen molar-refractivity contribution in [3.8, 4) is 6.07 Å². The fraction of sp³-hybridized carbons (Fsp3) is 0.154. The lowest BCUT2D eigenvalue weighted by Crippen LogP contribution is -2.02. The van der Waals surface area contributed by atoms with Crippen molar-refractivity contribution in [2.75, 3.05) is 17.2 Å². The summed E-state index contributed by atoms with van der Waals surface area (Å²) in [7, 11) is 0. The Kier molecular flexibility index (Phi) is 4.31. The molecule has 96 valence electrons. The third kappa shape index (κ3) is 3.66. The first-order valence-corrected chi connectivity index (χ1v) is 6.44. The standard InChI is InChI=1S/C13H12BrN5/c1-9-2-3-10(6-11(9)14)19-13-7-12(16-5-4-15)17-8-18-13/h2-3,6-8H,5H2,1H3,(H2,16,17,18,19). The first-order chi connectivity index (χ1) is 9.19. The van der Waals surface area contributed by atoms with E-state index in [1.54, 1.807) is 6.07 Å². The smallest absolute Gasteiger partial charge is 0.135 e. The second-order valence-corrected chi connectivity index (χ2v) is 4.74. The van der Waals surface area contributed by atoms with E-state index in [2.05, 4.69) is 36.5 Å². The van der Waals surface area contributed by atoms with Crippen LogP contribution in [-0.2, 0) is 0 Å². The summed E-state index contributed by atoms with van der Waals surface area (Å²) in [5.74, 6) is 1.29. The average molecular weight is 318 g/mol. The van der Waals surface area contributed by atoms with Gasteiger partial charge in [0.1, 0.15) is 24.5 Å². The van der Waals surface area contributed by atoms with Crippen LogP contribution in [0.1, 0.15) is 5.56 Å². The maximum Gasteiger partial charge on any atom is 0.135 e. The zero-order chi connectivity index (χ0) is 13.7. The zero-order valence-corrected chi connectivity index (χ0v) is 11.9. The number of nitrogens with zero attached hydrogens (tertiary/aromatic N) is 3. The molecule has 0 spiro atoms. The van der Waals surface area contributed by atoms with Gasteiger partial charge in [0.05, 0.1) is 6.07 Å². The van der Waals surface area contributed by atoms with Gasteiger partial charge in [0.15, 0.2) is 0 Å². The van der Waals surface area contributed by atoms with Gasteiger partial charge in [-0.05, 0) is 24.6 Å². The molecular formula is C13H12BrN5. The van der Waals surface area contributed by atoms with Crippen LogP contribution in [0, 0.1) is 18.3 Å². The molecule has 2 aromatic rings. The lowest BCUT2D eigenvalue weighted by atomic mass is 10.2. The van der Waals surface area contributed by atoms with Crippen molar-refractivity contribution in [1.29, 1.82) is 5.26 Å². The van der Waals surface area contributed by atoms with Crippen molar-refractivity contribution in [2.24, 2.45) is 0 Å². The second kappa shape index (κ2) is 6.16. The predicted molar refractivity (Wildman–Crippen MR) is 78.3 cm³/mol. The van der Waals surface area contributed by atoms with E-state index in [0.717, 1.165) is 10.2 Å². The second-order valence-electron chi connectivity index (χ2n) is 3.89.